The standard InChI is InChI=1S/C17H15Cl2N5/c18-12-6-4-10(5-7-12)14-9-15(11-2-1-3-13(19)8-11)24-17(21-14)22-16(20)23-24/h1-8,14-15H,9H2,(H3,20,21,22,23). The van der Waals surface area contributed by atoms with E-state index in [2.05, 4.69) is 15.4 Å². The van der Waals surface area contributed by atoms with E-state index in [1.54, 1.807) is 0 Å². The molecule has 5 nitrogen and oxygen atoms in total. The summed E-state index contributed by atoms with van der Waals surface area (Å²) < 4.78 is 1.83. The minimum absolute atomic E-state index is 0.00503. The van der Waals surface area contributed by atoms with Gasteiger partial charge in [-0.1, -0.05) is 47.5 Å². The number of anilines is 2. The number of nitrogens with zero attached hydrogens (tertiary/aromatic N) is 3. The first-order chi connectivity index (χ1) is 11.6. The van der Waals surface area contributed by atoms with Gasteiger partial charge < -0.3 is 11.1 Å². The lowest BCUT2D eigenvalue weighted by Crippen LogP contribution is -2.28. The third-order valence-corrected chi connectivity index (χ3v) is 4.70. The van der Waals surface area contributed by atoms with Crippen LogP contribution in [0, 0.1) is 0 Å². The number of nitrogens with two attached hydrogens (primary N) is 1. The van der Waals surface area contributed by atoms with Crippen molar-refractivity contribution in [3.05, 3.63) is 69.7 Å². The van der Waals surface area contributed by atoms with E-state index in [1.165, 1.54) is 0 Å². The predicted molar refractivity (Wildman–Crippen MR) is 96.5 cm³/mol. The summed E-state index contributed by atoms with van der Waals surface area (Å²) in [6, 6.07) is 15.7. The zero-order valence-corrected chi connectivity index (χ0v) is 14.2. The quantitative estimate of drug-likeness (QED) is 0.714. The topological polar surface area (TPSA) is 68.8 Å². The summed E-state index contributed by atoms with van der Waals surface area (Å²) in [4.78, 5) is 4.30. The second-order valence-electron chi connectivity index (χ2n) is 5.79. The summed E-state index contributed by atoms with van der Waals surface area (Å²) in [5.41, 5.74) is 8.02. The summed E-state index contributed by atoms with van der Waals surface area (Å²) in [6.45, 7) is 0. The second kappa shape index (κ2) is 6.00. The normalized spacial score (nSPS) is 19.6. The Balaban J connectivity index is 1.76. The Morgan fingerprint density at radius 3 is 2.58 bits per heavy atom. The van der Waals surface area contributed by atoms with Gasteiger partial charge in [0, 0.05) is 10.0 Å². The minimum atomic E-state index is 0.00503. The van der Waals surface area contributed by atoms with Crippen molar-refractivity contribution in [1.82, 2.24) is 14.8 Å². The molecule has 1 aliphatic rings. The molecule has 2 aromatic carbocycles. The van der Waals surface area contributed by atoms with E-state index in [9.17, 15) is 0 Å². The zero-order chi connectivity index (χ0) is 16.7. The van der Waals surface area contributed by atoms with Crippen LogP contribution in [-0.4, -0.2) is 14.8 Å². The average Bonchev–Trinajstić information content (AvgIpc) is 2.94. The van der Waals surface area contributed by atoms with Crippen LogP contribution in [0.25, 0.3) is 0 Å². The largest absolute Gasteiger partial charge is 0.366 e. The molecule has 3 N–H and O–H groups in total. The van der Waals surface area contributed by atoms with Crippen LogP contribution >= 0.6 is 23.2 Å². The van der Waals surface area contributed by atoms with Gasteiger partial charge in [-0.15, -0.1) is 5.10 Å². The highest BCUT2D eigenvalue weighted by atomic mass is 35.5. The maximum Gasteiger partial charge on any atom is 0.241 e. The van der Waals surface area contributed by atoms with Crippen LogP contribution in [0.15, 0.2) is 48.5 Å². The monoisotopic (exact) mass is 359 g/mol. The van der Waals surface area contributed by atoms with Crippen LogP contribution < -0.4 is 11.1 Å². The molecule has 0 saturated heterocycles. The van der Waals surface area contributed by atoms with Crippen LogP contribution in [0.1, 0.15) is 29.6 Å². The van der Waals surface area contributed by atoms with Gasteiger partial charge in [0.2, 0.25) is 11.9 Å². The highest BCUT2D eigenvalue weighted by molar-refractivity contribution is 6.30. The molecule has 3 aromatic rings. The fourth-order valence-electron chi connectivity index (χ4n) is 3.10. The fraction of sp³-hybridized carbons (Fsp3) is 0.176. The number of nitrogen functional groups attached to an aromatic ring is 1. The van der Waals surface area contributed by atoms with Gasteiger partial charge in [0.1, 0.15) is 0 Å². The molecule has 0 radical (unpaired) electrons. The van der Waals surface area contributed by atoms with E-state index >= 15 is 0 Å². The number of fused-ring (bicyclic) bond motifs is 1. The summed E-state index contributed by atoms with van der Waals surface area (Å²) >= 11 is 12.2. The van der Waals surface area contributed by atoms with E-state index in [0.717, 1.165) is 17.5 Å². The molecule has 0 aliphatic carbocycles. The third-order valence-electron chi connectivity index (χ3n) is 4.21. The van der Waals surface area contributed by atoms with Gasteiger partial charge in [0.25, 0.3) is 0 Å². The molecular formula is C17H15Cl2N5. The SMILES string of the molecule is Nc1nc2n(n1)C(c1cccc(Cl)c1)CC(c1ccc(Cl)cc1)N2. The zero-order valence-electron chi connectivity index (χ0n) is 12.7. The second-order valence-corrected chi connectivity index (χ2v) is 6.67. The number of benzene rings is 2. The lowest BCUT2D eigenvalue weighted by molar-refractivity contribution is 0.431. The van der Waals surface area contributed by atoms with E-state index in [-0.39, 0.29) is 18.0 Å². The van der Waals surface area contributed by atoms with Crippen molar-refractivity contribution in [3.8, 4) is 0 Å². The highest BCUT2D eigenvalue weighted by Crippen LogP contribution is 2.38. The summed E-state index contributed by atoms with van der Waals surface area (Å²) in [7, 11) is 0. The number of halogens is 2. The maximum absolute atomic E-state index is 6.17. The van der Waals surface area contributed by atoms with Gasteiger partial charge in [-0.2, -0.15) is 4.98 Å². The minimum Gasteiger partial charge on any atom is -0.366 e. The Morgan fingerprint density at radius 1 is 1.04 bits per heavy atom. The van der Waals surface area contributed by atoms with Gasteiger partial charge in [-0.05, 0) is 41.8 Å². The van der Waals surface area contributed by atoms with E-state index in [4.69, 9.17) is 28.9 Å². The van der Waals surface area contributed by atoms with Gasteiger partial charge in [0.15, 0.2) is 0 Å². The van der Waals surface area contributed by atoms with Crippen molar-refractivity contribution in [2.75, 3.05) is 11.1 Å². The summed E-state index contributed by atoms with van der Waals surface area (Å²) in [5, 5.41) is 9.15. The van der Waals surface area contributed by atoms with Crippen molar-refractivity contribution >= 4 is 35.1 Å². The molecule has 4 rings (SSSR count). The number of nitrogens with one attached hydrogen (secondary N) is 1. The molecule has 7 heteroatoms. The Morgan fingerprint density at radius 2 is 1.83 bits per heavy atom. The molecule has 2 heterocycles. The van der Waals surface area contributed by atoms with Crippen LogP contribution in [0.2, 0.25) is 10.0 Å². The molecule has 0 saturated carbocycles. The number of hydrogen-bond donors (Lipinski definition) is 2. The Labute approximate surface area is 149 Å². The van der Waals surface area contributed by atoms with Crippen molar-refractivity contribution in [3.63, 3.8) is 0 Å². The first-order valence-electron chi connectivity index (χ1n) is 7.59. The predicted octanol–water partition coefficient (Wildman–Crippen LogP) is 4.31. The smallest absolute Gasteiger partial charge is 0.241 e. The van der Waals surface area contributed by atoms with Gasteiger partial charge in [-0.25, -0.2) is 4.68 Å². The van der Waals surface area contributed by atoms with Crippen LogP contribution in [0.3, 0.4) is 0 Å². The first-order valence-corrected chi connectivity index (χ1v) is 8.35. The Bertz CT molecular complexity index is 875. The van der Waals surface area contributed by atoms with Gasteiger partial charge in [-0.3, -0.25) is 0 Å². The van der Waals surface area contributed by atoms with Gasteiger partial charge in [0.05, 0.1) is 12.1 Å². The molecule has 1 aliphatic heterocycles. The van der Waals surface area contributed by atoms with E-state index in [1.807, 2.05) is 53.2 Å². The molecule has 2 atom stereocenters. The molecule has 0 amide bonds. The van der Waals surface area contributed by atoms with Crippen molar-refractivity contribution in [2.45, 2.75) is 18.5 Å². The number of hydrogen-bond acceptors (Lipinski definition) is 4. The van der Waals surface area contributed by atoms with Crippen LogP contribution in [0.5, 0.6) is 0 Å². The first kappa shape index (κ1) is 15.3. The molecule has 1 aromatic heterocycles. The fourth-order valence-corrected chi connectivity index (χ4v) is 3.42. The van der Waals surface area contributed by atoms with Crippen LogP contribution in [0.4, 0.5) is 11.9 Å². The summed E-state index contributed by atoms with van der Waals surface area (Å²) in [6.07, 6.45) is 0.803. The molecule has 0 fully saturated rings. The Kier molecular flexibility index (Phi) is 3.82. The van der Waals surface area contributed by atoms with E-state index in [0.29, 0.717) is 16.0 Å². The molecule has 122 valence electrons. The van der Waals surface area contributed by atoms with E-state index < -0.39 is 0 Å². The average molecular weight is 360 g/mol. The van der Waals surface area contributed by atoms with Crippen molar-refractivity contribution < 1.29 is 0 Å². The lowest BCUT2D eigenvalue weighted by atomic mass is 9.93. The molecule has 2 unspecified atom stereocenters. The van der Waals surface area contributed by atoms with Crippen LogP contribution in [-0.2, 0) is 0 Å². The highest BCUT2D eigenvalue weighted by Gasteiger charge is 2.30. The third kappa shape index (κ3) is 2.81. The Hall–Kier alpha value is -2.24. The molecule has 24 heavy (non-hydrogen) atoms. The number of aromatic nitrogens is 3. The van der Waals surface area contributed by atoms with Crippen molar-refractivity contribution in [2.24, 2.45) is 0 Å². The lowest BCUT2D eigenvalue weighted by Gasteiger charge is -2.31. The molecular weight excluding hydrogens is 345 g/mol. The van der Waals surface area contributed by atoms with Gasteiger partial charge >= 0.3 is 0 Å². The number of rotatable bonds is 2. The molecule has 0 bridgehead atoms. The maximum atomic E-state index is 6.17. The molecule has 0 spiro atoms. The van der Waals surface area contributed by atoms with Crippen molar-refractivity contribution in [1.29, 1.82) is 0 Å². The summed E-state index contributed by atoms with van der Waals surface area (Å²) in [5.74, 6) is 0.907.